The quantitative estimate of drug-likeness (QED) is 0.524. The van der Waals surface area contributed by atoms with E-state index in [-0.39, 0.29) is 12.4 Å². The average Bonchev–Trinajstić information content (AvgIpc) is 2.38. The van der Waals surface area contributed by atoms with Crippen molar-refractivity contribution in [3.63, 3.8) is 0 Å². The Morgan fingerprint density at radius 3 is 2.79 bits per heavy atom. The summed E-state index contributed by atoms with van der Waals surface area (Å²) in [5, 5.41) is 11.7. The van der Waals surface area contributed by atoms with Gasteiger partial charge in [0.25, 0.3) is 0 Å². The highest BCUT2D eigenvalue weighted by atomic mass is 35.5. The van der Waals surface area contributed by atoms with E-state index in [9.17, 15) is 4.39 Å². The van der Waals surface area contributed by atoms with Gasteiger partial charge in [-0.15, -0.1) is 0 Å². The molecular formula is C14H11ClFNO2. The zero-order valence-electron chi connectivity index (χ0n) is 9.88. The molecule has 98 valence electrons. The molecule has 0 aliphatic heterocycles. The second-order valence-corrected chi connectivity index (χ2v) is 4.26. The number of halogens is 2. The first-order chi connectivity index (χ1) is 9.19. The number of oxime groups is 1. The van der Waals surface area contributed by atoms with Gasteiger partial charge in [0, 0.05) is 0 Å². The molecule has 5 heteroatoms. The first-order valence-corrected chi connectivity index (χ1v) is 5.91. The van der Waals surface area contributed by atoms with Crippen molar-refractivity contribution in [1.29, 1.82) is 0 Å². The van der Waals surface area contributed by atoms with Crippen LogP contribution >= 0.6 is 11.6 Å². The van der Waals surface area contributed by atoms with Gasteiger partial charge in [-0.2, -0.15) is 0 Å². The van der Waals surface area contributed by atoms with Gasteiger partial charge < -0.3 is 9.94 Å². The maximum absolute atomic E-state index is 13.0. The van der Waals surface area contributed by atoms with Crippen molar-refractivity contribution < 1.29 is 14.3 Å². The molecule has 0 spiro atoms. The van der Waals surface area contributed by atoms with Gasteiger partial charge in [-0.25, -0.2) is 4.39 Å². The lowest BCUT2D eigenvalue weighted by molar-refractivity contribution is 0.305. The highest BCUT2D eigenvalue weighted by molar-refractivity contribution is 6.32. The molecule has 0 fully saturated rings. The fourth-order valence-corrected chi connectivity index (χ4v) is 1.81. The highest BCUT2D eigenvalue weighted by Crippen LogP contribution is 2.25. The van der Waals surface area contributed by atoms with Crippen LogP contribution in [0.25, 0.3) is 0 Å². The van der Waals surface area contributed by atoms with Crippen molar-refractivity contribution in [3.05, 3.63) is 64.4 Å². The molecule has 0 bridgehead atoms. The Labute approximate surface area is 114 Å². The summed E-state index contributed by atoms with van der Waals surface area (Å²) in [5.74, 6) is 0.183. The summed E-state index contributed by atoms with van der Waals surface area (Å²) in [6.45, 7) is 0.227. The highest BCUT2D eigenvalue weighted by Gasteiger charge is 2.03. The number of hydrogen-bond acceptors (Lipinski definition) is 3. The molecule has 2 rings (SSSR count). The molecule has 0 amide bonds. The first-order valence-electron chi connectivity index (χ1n) is 5.53. The van der Waals surface area contributed by atoms with Crippen LogP contribution in [0.3, 0.4) is 0 Å². The zero-order valence-corrected chi connectivity index (χ0v) is 10.6. The van der Waals surface area contributed by atoms with E-state index < -0.39 is 0 Å². The number of hydrogen-bond donors (Lipinski definition) is 1. The summed E-state index contributed by atoms with van der Waals surface area (Å²) in [6.07, 6.45) is 1.27. The Bertz CT molecular complexity index is 602. The molecule has 2 aromatic rings. The number of benzene rings is 2. The second kappa shape index (κ2) is 6.20. The van der Waals surface area contributed by atoms with Gasteiger partial charge >= 0.3 is 0 Å². The molecule has 0 heterocycles. The summed E-state index contributed by atoms with van der Waals surface area (Å²) in [4.78, 5) is 0. The van der Waals surface area contributed by atoms with Crippen molar-refractivity contribution in [2.75, 3.05) is 0 Å². The van der Waals surface area contributed by atoms with Crippen molar-refractivity contribution in [2.45, 2.75) is 6.61 Å². The van der Waals surface area contributed by atoms with Crippen molar-refractivity contribution >= 4 is 17.8 Å². The molecule has 3 nitrogen and oxygen atoms in total. The molecule has 0 atom stereocenters. The summed E-state index contributed by atoms with van der Waals surface area (Å²) in [5.41, 5.74) is 1.38. The van der Waals surface area contributed by atoms with Gasteiger partial charge in [0.15, 0.2) is 0 Å². The van der Waals surface area contributed by atoms with Crippen LogP contribution in [0.15, 0.2) is 47.6 Å². The Morgan fingerprint density at radius 1 is 1.26 bits per heavy atom. The third-order valence-electron chi connectivity index (χ3n) is 2.45. The Hall–Kier alpha value is -2.07. The molecular weight excluding hydrogens is 269 g/mol. The third kappa shape index (κ3) is 3.69. The second-order valence-electron chi connectivity index (χ2n) is 3.85. The molecule has 0 saturated carbocycles. The van der Waals surface area contributed by atoms with Gasteiger partial charge in [-0.3, -0.25) is 0 Å². The smallest absolute Gasteiger partial charge is 0.138 e. The largest absolute Gasteiger partial charge is 0.487 e. The van der Waals surface area contributed by atoms with Crippen molar-refractivity contribution in [3.8, 4) is 5.75 Å². The van der Waals surface area contributed by atoms with Gasteiger partial charge in [-0.1, -0.05) is 28.9 Å². The van der Waals surface area contributed by atoms with E-state index in [2.05, 4.69) is 5.16 Å². The van der Waals surface area contributed by atoms with Crippen molar-refractivity contribution in [1.82, 2.24) is 0 Å². The minimum atomic E-state index is -0.304. The third-order valence-corrected chi connectivity index (χ3v) is 2.74. The zero-order chi connectivity index (χ0) is 13.7. The van der Waals surface area contributed by atoms with E-state index in [1.807, 2.05) is 0 Å². The van der Waals surface area contributed by atoms with E-state index in [4.69, 9.17) is 21.5 Å². The van der Waals surface area contributed by atoms with Gasteiger partial charge in [0.05, 0.1) is 11.2 Å². The molecule has 0 aromatic heterocycles. The summed E-state index contributed by atoms with van der Waals surface area (Å²) in [7, 11) is 0. The molecule has 0 radical (unpaired) electrons. The van der Waals surface area contributed by atoms with E-state index >= 15 is 0 Å². The fraction of sp³-hybridized carbons (Fsp3) is 0.0714. The van der Waals surface area contributed by atoms with Crippen LogP contribution in [0.1, 0.15) is 11.1 Å². The standard InChI is InChI=1S/C14H11ClFNO2/c15-13-7-10(8-17-18)4-5-14(13)19-9-11-2-1-3-12(16)6-11/h1-8,18H,9H2. The number of rotatable bonds is 4. The minimum Gasteiger partial charge on any atom is -0.487 e. The molecule has 0 unspecified atom stereocenters. The van der Waals surface area contributed by atoms with Crippen LogP contribution in [0.5, 0.6) is 5.75 Å². The molecule has 0 aliphatic carbocycles. The predicted octanol–water partition coefficient (Wildman–Crippen LogP) is 3.87. The lowest BCUT2D eigenvalue weighted by Gasteiger charge is -2.08. The monoisotopic (exact) mass is 279 g/mol. The lowest BCUT2D eigenvalue weighted by atomic mass is 10.2. The topological polar surface area (TPSA) is 41.8 Å². The fourth-order valence-electron chi connectivity index (χ4n) is 1.57. The lowest BCUT2D eigenvalue weighted by Crippen LogP contribution is -1.97. The minimum absolute atomic E-state index is 0.227. The SMILES string of the molecule is ON=Cc1ccc(OCc2cccc(F)c2)c(Cl)c1. The normalized spacial score (nSPS) is 10.8. The van der Waals surface area contributed by atoms with Crippen LogP contribution < -0.4 is 4.74 Å². The summed E-state index contributed by atoms with van der Waals surface area (Å²) in [6, 6.07) is 11.1. The molecule has 1 N–H and O–H groups in total. The Kier molecular flexibility index (Phi) is 4.36. The predicted molar refractivity (Wildman–Crippen MR) is 71.6 cm³/mol. The van der Waals surface area contributed by atoms with Gasteiger partial charge in [0.2, 0.25) is 0 Å². The maximum Gasteiger partial charge on any atom is 0.138 e. The van der Waals surface area contributed by atoms with E-state index in [0.717, 1.165) is 5.56 Å². The Balaban J connectivity index is 2.07. The van der Waals surface area contributed by atoms with Crippen LogP contribution in [0.2, 0.25) is 5.02 Å². The molecule has 2 aromatic carbocycles. The van der Waals surface area contributed by atoms with E-state index in [1.165, 1.54) is 18.3 Å². The van der Waals surface area contributed by atoms with Gasteiger partial charge in [-0.05, 0) is 41.5 Å². The summed E-state index contributed by atoms with van der Waals surface area (Å²) < 4.78 is 18.5. The first kappa shape index (κ1) is 13.4. The average molecular weight is 280 g/mol. The Morgan fingerprint density at radius 2 is 2.11 bits per heavy atom. The van der Waals surface area contributed by atoms with Gasteiger partial charge in [0.1, 0.15) is 18.2 Å². The van der Waals surface area contributed by atoms with Crippen LogP contribution in [0.4, 0.5) is 4.39 Å². The number of ether oxygens (including phenoxy) is 1. The molecule has 0 aliphatic rings. The van der Waals surface area contributed by atoms with Crippen LogP contribution in [-0.4, -0.2) is 11.4 Å². The van der Waals surface area contributed by atoms with Crippen LogP contribution in [-0.2, 0) is 6.61 Å². The molecule has 19 heavy (non-hydrogen) atoms. The molecule has 0 saturated heterocycles. The van der Waals surface area contributed by atoms with Crippen LogP contribution in [0, 0.1) is 5.82 Å². The summed E-state index contributed by atoms with van der Waals surface area (Å²) >= 11 is 6.02. The van der Waals surface area contributed by atoms with E-state index in [0.29, 0.717) is 16.3 Å². The van der Waals surface area contributed by atoms with E-state index in [1.54, 1.807) is 30.3 Å². The van der Waals surface area contributed by atoms with Crippen molar-refractivity contribution in [2.24, 2.45) is 5.16 Å². The maximum atomic E-state index is 13.0. The number of nitrogens with zero attached hydrogens (tertiary/aromatic N) is 1.